The van der Waals surface area contributed by atoms with Crippen molar-refractivity contribution in [3.05, 3.63) is 11.8 Å². The van der Waals surface area contributed by atoms with Gasteiger partial charge in [0, 0.05) is 11.8 Å². The lowest BCUT2D eigenvalue weighted by Crippen LogP contribution is -2.28. The quantitative estimate of drug-likeness (QED) is 0.692. The summed E-state index contributed by atoms with van der Waals surface area (Å²) < 4.78 is 7.21. The first-order valence-electron chi connectivity index (χ1n) is 4.64. The molecule has 1 rings (SSSR count). The van der Waals surface area contributed by atoms with Crippen LogP contribution < -0.4 is 4.72 Å². The first-order valence-corrected chi connectivity index (χ1v) is 5.99. The van der Waals surface area contributed by atoms with Crippen molar-refractivity contribution in [2.45, 2.75) is 33.1 Å². The number of allylic oxidation sites excluding steroid dienone is 1. The van der Waals surface area contributed by atoms with Gasteiger partial charge in [0.05, 0.1) is 5.70 Å². The van der Waals surface area contributed by atoms with Crippen LogP contribution in [-0.4, -0.2) is 11.7 Å². The monoisotopic (exact) mass is 200 g/mol. The molecule has 0 fully saturated rings. The summed E-state index contributed by atoms with van der Waals surface area (Å²) in [6, 6.07) is 0. The number of hydrogen-bond acceptors (Lipinski definition) is 2. The molecule has 0 bridgehead atoms. The van der Waals surface area contributed by atoms with Gasteiger partial charge in [0.1, 0.15) is 0 Å². The summed E-state index contributed by atoms with van der Waals surface area (Å²) in [5.41, 5.74) is 0.851. The second kappa shape index (κ2) is 5.17. The van der Waals surface area contributed by atoms with Gasteiger partial charge in [-0.2, -0.15) is 0 Å². The summed E-state index contributed by atoms with van der Waals surface area (Å²) in [5.74, 6) is 0.998. The number of carbonyl (C=O) groups excluding carboxylic acids is 1. The van der Waals surface area contributed by atoms with Gasteiger partial charge in [0.15, 0.2) is 0 Å². The Balaban J connectivity index is 2.42. The minimum Gasteiger partial charge on any atom is -0.288 e. The first kappa shape index (κ1) is 10.4. The SMILES string of the molecule is CCCCCS1=NC(C)=CC(=O)N1. The highest BCUT2D eigenvalue weighted by Gasteiger charge is 2.07. The Labute approximate surface area is 81.8 Å². The molecule has 4 heteroatoms. The van der Waals surface area contributed by atoms with Gasteiger partial charge in [-0.3, -0.25) is 9.52 Å². The molecule has 1 aliphatic heterocycles. The molecule has 1 atom stereocenters. The van der Waals surface area contributed by atoms with E-state index < -0.39 is 0 Å². The zero-order valence-electron chi connectivity index (χ0n) is 8.17. The van der Waals surface area contributed by atoms with E-state index in [0.29, 0.717) is 0 Å². The van der Waals surface area contributed by atoms with E-state index >= 15 is 0 Å². The Morgan fingerprint density at radius 3 is 2.92 bits per heavy atom. The zero-order chi connectivity index (χ0) is 9.68. The minimum atomic E-state index is -0.249. The van der Waals surface area contributed by atoms with E-state index in [2.05, 4.69) is 16.0 Å². The lowest BCUT2D eigenvalue weighted by molar-refractivity contribution is -0.114. The smallest absolute Gasteiger partial charge is 0.256 e. The van der Waals surface area contributed by atoms with E-state index in [9.17, 15) is 4.79 Å². The number of amides is 1. The van der Waals surface area contributed by atoms with Crippen molar-refractivity contribution in [3.63, 3.8) is 0 Å². The second-order valence-electron chi connectivity index (χ2n) is 3.12. The van der Waals surface area contributed by atoms with Crippen LogP contribution in [-0.2, 0) is 15.7 Å². The van der Waals surface area contributed by atoms with Gasteiger partial charge >= 0.3 is 0 Å². The van der Waals surface area contributed by atoms with Crippen molar-refractivity contribution in [2.75, 3.05) is 5.75 Å². The predicted octanol–water partition coefficient (Wildman–Crippen LogP) is 1.93. The largest absolute Gasteiger partial charge is 0.288 e. The van der Waals surface area contributed by atoms with Crippen molar-refractivity contribution < 1.29 is 4.79 Å². The number of nitrogens with one attached hydrogen (secondary N) is 1. The van der Waals surface area contributed by atoms with Crippen molar-refractivity contribution in [2.24, 2.45) is 4.36 Å². The van der Waals surface area contributed by atoms with Gasteiger partial charge in [-0.15, -0.1) is 0 Å². The fourth-order valence-electron chi connectivity index (χ4n) is 1.14. The van der Waals surface area contributed by atoms with Gasteiger partial charge in [-0.1, -0.05) is 19.8 Å². The van der Waals surface area contributed by atoms with E-state index in [1.807, 2.05) is 6.92 Å². The van der Waals surface area contributed by atoms with E-state index in [-0.39, 0.29) is 16.8 Å². The standard InChI is InChI=1S/C9H16N2OS/c1-3-4-5-6-13-10-8(2)7-9(12)11-13/h7H,3-6H2,1-2H3,(H,10,11,12). The molecule has 1 N–H and O–H groups in total. The Kier molecular flexibility index (Phi) is 4.15. The van der Waals surface area contributed by atoms with E-state index in [0.717, 1.165) is 17.9 Å². The van der Waals surface area contributed by atoms with Crippen LogP contribution in [0, 0.1) is 0 Å². The summed E-state index contributed by atoms with van der Waals surface area (Å²) in [5, 5.41) is 0. The van der Waals surface area contributed by atoms with Gasteiger partial charge in [0.2, 0.25) is 0 Å². The number of unbranched alkanes of at least 4 members (excludes halogenated alkanes) is 2. The molecule has 1 heterocycles. The molecule has 0 spiro atoms. The molecule has 0 radical (unpaired) electrons. The number of rotatable bonds is 4. The number of hydrogen-bond donors (Lipinski definition) is 1. The minimum absolute atomic E-state index is 0.00679. The molecule has 0 aliphatic carbocycles. The molecular formula is C9H16N2OS. The van der Waals surface area contributed by atoms with Crippen LogP contribution in [0.1, 0.15) is 33.1 Å². The molecule has 0 aromatic heterocycles. The first-order chi connectivity index (χ1) is 6.22. The molecule has 0 saturated heterocycles. The maximum absolute atomic E-state index is 11.1. The van der Waals surface area contributed by atoms with Crippen LogP contribution in [0.5, 0.6) is 0 Å². The normalized spacial score (nSPS) is 21.8. The van der Waals surface area contributed by atoms with Crippen LogP contribution in [0.2, 0.25) is 0 Å². The van der Waals surface area contributed by atoms with Crippen LogP contribution in [0.4, 0.5) is 0 Å². The van der Waals surface area contributed by atoms with Crippen LogP contribution in [0.3, 0.4) is 0 Å². The molecule has 74 valence electrons. The van der Waals surface area contributed by atoms with Crippen LogP contribution in [0.25, 0.3) is 0 Å². The highest BCUT2D eigenvalue weighted by atomic mass is 32.2. The van der Waals surface area contributed by atoms with Crippen molar-refractivity contribution in [1.82, 2.24) is 4.72 Å². The van der Waals surface area contributed by atoms with Gasteiger partial charge in [-0.05, 0) is 24.2 Å². The van der Waals surface area contributed by atoms with Crippen molar-refractivity contribution in [1.29, 1.82) is 0 Å². The van der Waals surface area contributed by atoms with Gasteiger partial charge in [-0.25, -0.2) is 4.36 Å². The molecule has 1 amide bonds. The van der Waals surface area contributed by atoms with Crippen molar-refractivity contribution in [3.8, 4) is 0 Å². The van der Waals surface area contributed by atoms with Crippen LogP contribution in [0.15, 0.2) is 16.1 Å². The third-order valence-electron chi connectivity index (χ3n) is 1.75. The highest BCUT2D eigenvalue weighted by Crippen LogP contribution is 2.05. The van der Waals surface area contributed by atoms with Crippen LogP contribution >= 0.6 is 0 Å². The Morgan fingerprint density at radius 1 is 1.54 bits per heavy atom. The average molecular weight is 200 g/mol. The topological polar surface area (TPSA) is 41.5 Å². The fraction of sp³-hybridized carbons (Fsp3) is 0.667. The molecule has 1 unspecified atom stereocenters. The van der Waals surface area contributed by atoms with Gasteiger partial charge in [0.25, 0.3) is 5.91 Å². The van der Waals surface area contributed by atoms with E-state index in [1.165, 1.54) is 12.8 Å². The highest BCUT2D eigenvalue weighted by molar-refractivity contribution is 7.86. The number of carbonyl (C=O) groups is 1. The molecule has 3 nitrogen and oxygen atoms in total. The Morgan fingerprint density at radius 2 is 2.31 bits per heavy atom. The summed E-state index contributed by atoms with van der Waals surface area (Å²) in [4.78, 5) is 11.1. The van der Waals surface area contributed by atoms with E-state index in [4.69, 9.17) is 0 Å². The lowest BCUT2D eigenvalue weighted by atomic mass is 10.3. The van der Waals surface area contributed by atoms with Crippen molar-refractivity contribution >= 4 is 16.8 Å². The lowest BCUT2D eigenvalue weighted by Gasteiger charge is -2.12. The summed E-state index contributed by atoms with van der Waals surface area (Å²) >= 11 is 0. The van der Waals surface area contributed by atoms with Gasteiger partial charge < -0.3 is 0 Å². The Bertz CT molecular complexity index is 258. The molecule has 13 heavy (non-hydrogen) atoms. The third kappa shape index (κ3) is 3.72. The number of nitrogens with zero attached hydrogens (tertiary/aromatic N) is 1. The Hall–Kier alpha value is -0.640. The second-order valence-corrected chi connectivity index (χ2v) is 4.64. The summed E-state index contributed by atoms with van der Waals surface area (Å²) in [7, 11) is -0.249. The van der Waals surface area contributed by atoms with E-state index in [1.54, 1.807) is 6.08 Å². The predicted molar refractivity (Wildman–Crippen MR) is 56.1 cm³/mol. The summed E-state index contributed by atoms with van der Waals surface area (Å²) in [6.07, 6.45) is 5.12. The molecular weight excluding hydrogens is 184 g/mol. The molecule has 0 saturated carbocycles. The third-order valence-corrected chi connectivity index (χ3v) is 3.37. The molecule has 0 aromatic carbocycles. The molecule has 1 aliphatic rings. The summed E-state index contributed by atoms with van der Waals surface area (Å²) in [6.45, 7) is 4.05. The fourth-order valence-corrected chi connectivity index (χ4v) is 2.55. The average Bonchev–Trinajstić information content (AvgIpc) is 2.03. The maximum atomic E-state index is 11.1. The molecule has 0 aromatic rings. The maximum Gasteiger partial charge on any atom is 0.256 e. The zero-order valence-corrected chi connectivity index (χ0v) is 8.99.